The lowest BCUT2D eigenvalue weighted by atomic mass is 10.4. The summed E-state index contributed by atoms with van der Waals surface area (Å²) in [5, 5.41) is 8.69. The second-order valence-corrected chi connectivity index (χ2v) is 3.37. The van der Waals surface area contributed by atoms with Gasteiger partial charge in [-0.2, -0.15) is 13.2 Å². The largest absolute Gasteiger partial charge is 0.476 e. The van der Waals surface area contributed by atoms with E-state index in [0.717, 1.165) is 10.6 Å². The SMILES string of the molecule is Cc1nc(C(F)(F)F)cn2cc(C(=O)O)nc12. The number of hydrogen-bond acceptors (Lipinski definition) is 3. The lowest BCUT2D eigenvalue weighted by Gasteiger charge is -2.07. The number of carboxylic acid groups (broad SMARTS) is 1. The van der Waals surface area contributed by atoms with Crippen LogP contribution < -0.4 is 0 Å². The molecule has 0 saturated heterocycles. The summed E-state index contributed by atoms with van der Waals surface area (Å²) >= 11 is 0. The molecule has 17 heavy (non-hydrogen) atoms. The van der Waals surface area contributed by atoms with E-state index >= 15 is 0 Å². The van der Waals surface area contributed by atoms with Crippen molar-refractivity contribution in [2.45, 2.75) is 13.1 Å². The molecule has 0 spiro atoms. The van der Waals surface area contributed by atoms with Crippen molar-refractivity contribution in [3.8, 4) is 0 Å². The maximum Gasteiger partial charge on any atom is 0.434 e. The van der Waals surface area contributed by atoms with Crippen molar-refractivity contribution >= 4 is 11.6 Å². The maximum atomic E-state index is 12.4. The van der Waals surface area contributed by atoms with Gasteiger partial charge < -0.3 is 9.51 Å². The molecule has 2 heterocycles. The third-order valence-corrected chi connectivity index (χ3v) is 2.11. The average molecular weight is 245 g/mol. The van der Waals surface area contributed by atoms with Gasteiger partial charge in [-0.15, -0.1) is 0 Å². The summed E-state index contributed by atoms with van der Waals surface area (Å²) in [4.78, 5) is 17.7. The molecule has 0 aromatic carbocycles. The molecular weight excluding hydrogens is 239 g/mol. The highest BCUT2D eigenvalue weighted by atomic mass is 19.4. The van der Waals surface area contributed by atoms with Gasteiger partial charge in [-0.05, 0) is 6.92 Å². The third-order valence-electron chi connectivity index (χ3n) is 2.11. The molecule has 2 aromatic heterocycles. The molecule has 0 bridgehead atoms. The van der Waals surface area contributed by atoms with E-state index < -0.39 is 17.8 Å². The number of aromatic carboxylic acids is 1. The zero-order valence-corrected chi connectivity index (χ0v) is 8.49. The molecule has 0 aliphatic rings. The van der Waals surface area contributed by atoms with Crippen LogP contribution in [0.3, 0.4) is 0 Å². The summed E-state index contributed by atoms with van der Waals surface area (Å²) in [6.45, 7) is 1.34. The van der Waals surface area contributed by atoms with Crippen LogP contribution in [0.5, 0.6) is 0 Å². The molecule has 5 nitrogen and oxygen atoms in total. The number of halogens is 3. The maximum absolute atomic E-state index is 12.4. The summed E-state index contributed by atoms with van der Waals surface area (Å²) in [5.41, 5.74) is -1.30. The van der Waals surface area contributed by atoms with E-state index in [9.17, 15) is 18.0 Å². The first-order chi connectivity index (χ1) is 7.79. The topological polar surface area (TPSA) is 67.5 Å². The lowest BCUT2D eigenvalue weighted by Crippen LogP contribution is -2.10. The Balaban J connectivity index is 2.69. The van der Waals surface area contributed by atoms with E-state index in [2.05, 4.69) is 9.97 Å². The van der Waals surface area contributed by atoms with Gasteiger partial charge in [-0.25, -0.2) is 14.8 Å². The van der Waals surface area contributed by atoms with Crippen LogP contribution in [0.15, 0.2) is 12.4 Å². The standard InChI is InChI=1S/C9H6F3N3O2/c1-4-7-14-5(8(16)17)2-15(7)3-6(13-4)9(10,11)12/h2-3H,1H3,(H,16,17). The number of carbonyl (C=O) groups is 1. The van der Waals surface area contributed by atoms with Crippen LogP contribution in [-0.4, -0.2) is 25.4 Å². The molecule has 0 amide bonds. The van der Waals surface area contributed by atoms with Crippen molar-refractivity contribution in [1.82, 2.24) is 14.4 Å². The molecule has 0 saturated carbocycles. The number of carboxylic acids is 1. The van der Waals surface area contributed by atoms with Gasteiger partial charge >= 0.3 is 12.1 Å². The first-order valence-electron chi connectivity index (χ1n) is 4.46. The van der Waals surface area contributed by atoms with Crippen LogP contribution in [-0.2, 0) is 6.18 Å². The van der Waals surface area contributed by atoms with Gasteiger partial charge in [0.1, 0.15) is 0 Å². The number of fused-ring (bicyclic) bond motifs is 1. The van der Waals surface area contributed by atoms with Crippen molar-refractivity contribution in [1.29, 1.82) is 0 Å². The number of aromatic nitrogens is 3. The Morgan fingerprint density at radius 2 is 2.00 bits per heavy atom. The van der Waals surface area contributed by atoms with Crippen LogP contribution in [0.25, 0.3) is 5.65 Å². The third kappa shape index (κ3) is 1.93. The number of imidazole rings is 1. The van der Waals surface area contributed by atoms with E-state index in [-0.39, 0.29) is 17.0 Å². The molecule has 0 atom stereocenters. The minimum atomic E-state index is -4.58. The minimum absolute atomic E-state index is 0.0207. The van der Waals surface area contributed by atoms with Crippen molar-refractivity contribution in [3.05, 3.63) is 29.5 Å². The Bertz CT molecular complexity index is 603. The zero-order valence-electron chi connectivity index (χ0n) is 8.49. The molecule has 0 unspecified atom stereocenters. The molecule has 0 radical (unpaired) electrons. The molecule has 2 aromatic rings. The summed E-state index contributed by atoms with van der Waals surface area (Å²) in [5.74, 6) is -1.30. The molecular formula is C9H6F3N3O2. The second-order valence-electron chi connectivity index (χ2n) is 3.37. The van der Waals surface area contributed by atoms with Crippen molar-refractivity contribution in [2.24, 2.45) is 0 Å². The Labute approximate surface area is 92.5 Å². The fourth-order valence-corrected chi connectivity index (χ4v) is 1.39. The van der Waals surface area contributed by atoms with Gasteiger partial charge in [0.2, 0.25) is 0 Å². The summed E-state index contributed by atoms with van der Waals surface area (Å²) in [6.07, 6.45) is -2.85. The van der Waals surface area contributed by atoms with Crippen molar-refractivity contribution < 1.29 is 23.1 Å². The minimum Gasteiger partial charge on any atom is -0.476 e. The predicted molar refractivity (Wildman–Crippen MR) is 49.7 cm³/mol. The Kier molecular flexibility index (Phi) is 2.30. The van der Waals surface area contributed by atoms with Gasteiger partial charge in [0, 0.05) is 12.4 Å². The van der Waals surface area contributed by atoms with Crippen LogP contribution in [0, 0.1) is 6.92 Å². The highest BCUT2D eigenvalue weighted by Gasteiger charge is 2.33. The van der Waals surface area contributed by atoms with Crippen molar-refractivity contribution in [2.75, 3.05) is 0 Å². The zero-order chi connectivity index (χ0) is 12.8. The highest BCUT2D eigenvalue weighted by molar-refractivity contribution is 5.86. The predicted octanol–water partition coefficient (Wildman–Crippen LogP) is 1.75. The fourth-order valence-electron chi connectivity index (χ4n) is 1.39. The molecule has 0 fully saturated rings. The highest BCUT2D eigenvalue weighted by Crippen LogP contribution is 2.28. The van der Waals surface area contributed by atoms with E-state index in [1.165, 1.54) is 6.92 Å². The van der Waals surface area contributed by atoms with Crippen molar-refractivity contribution in [3.63, 3.8) is 0 Å². The number of alkyl halides is 3. The normalized spacial score (nSPS) is 12.0. The Morgan fingerprint density at radius 3 is 2.53 bits per heavy atom. The van der Waals surface area contributed by atoms with Gasteiger partial charge in [0.15, 0.2) is 17.0 Å². The molecule has 8 heteroatoms. The smallest absolute Gasteiger partial charge is 0.434 e. The van der Waals surface area contributed by atoms with Crippen LogP contribution in [0.1, 0.15) is 21.9 Å². The molecule has 2 rings (SSSR count). The van der Waals surface area contributed by atoms with E-state index in [1.807, 2.05) is 0 Å². The lowest BCUT2D eigenvalue weighted by molar-refractivity contribution is -0.141. The quantitative estimate of drug-likeness (QED) is 0.831. The first-order valence-corrected chi connectivity index (χ1v) is 4.46. The number of aryl methyl sites for hydroxylation is 1. The number of hydrogen-bond donors (Lipinski definition) is 1. The second kappa shape index (κ2) is 3.44. The molecule has 90 valence electrons. The summed E-state index contributed by atoms with van der Waals surface area (Å²) in [6, 6.07) is 0. The summed E-state index contributed by atoms with van der Waals surface area (Å²) < 4.78 is 38.4. The average Bonchev–Trinajstić information content (AvgIpc) is 2.60. The van der Waals surface area contributed by atoms with Crippen LogP contribution in [0.2, 0.25) is 0 Å². The molecule has 0 aliphatic carbocycles. The Hall–Kier alpha value is -2.12. The van der Waals surface area contributed by atoms with E-state index in [0.29, 0.717) is 6.20 Å². The van der Waals surface area contributed by atoms with E-state index in [4.69, 9.17) is 5.11 Å². The summed E-state index contributed by atoms with van der Waals surface area (Å²) in [7, 11) is 0. The fraction of sp³-hybridized carbons (Fsp3) is 0.222. The Morgan fingerprint density at radius 1 is 1.35 bits per heavy atom. The molecule has 1 N–H and O–H groups in total. The van der Waals surface area contributed by atoms with Gasteiger partial charge in [0.25, 0.3) is 0 Å². The number of nitrogens with zero attached hydrogens (tertiary/aromatic N) is 3. The molecule has 0 aliphatic heterocycles. The van der Waals surface area contributed by atoms with Gasteiger partial charge in [0.05, 0.1) is 5.69 Å². The first kappa shape index (κ1) is 11.4. The van der Waals surface area contributed by atoms with Gasteiger partial charge in [-0.3, -0.25) is 0 Å². The van der Waals surface area contributed by atoms with E-state index in [1.54, 1.807) is 0 Å². The monoisotopic (exact) mass is 245 g/mol. The number of rotatable bonds is 1. The van der Waals surface area contributed by atoms with Gasteiger partial charge in [-0.1, -0.05) is 0 Å². The van der Waals surface area contributed by atoms with Crippen LogP contribution in [0.4, 0.5) is 13.2 Å². The van der Waals surface area contributed by atoms with Crippen LogP contribution >= 0.6 is 0 Å².